The molecule has 0 saturated carbocycles. The lowest BCUT2D eigenvalue weighted by Crippen LogP contribution is -2.67. The van der Waals surface area contributed by atoms with Gasteiger partial charge in [0.25, 0.3) is 5.91 Å². The summed E-state index contributed by atoms with van der Waals surface area (Å²) in [6.45, 7) is 29.3. The average Bonchev–Trinajstić information content (AvgIpc) is 0.741. The number of hydrogen-bond acceptors (Lipinski definition) is 13. The van der Waals surface area contributed by atoms with Crippen LogP contribution in [0.2, 0.25) is 0 Å². The number of methoxy groups -OCH3 is 1. The number of allylic oxidation sites excluding steroid dienone is 2. The van der Waals surface area contributed by atoms with E-state index >= 15 is 19.2 Å². The highest BCUT2D eigenvalue weighted by Gasteiger charge is 2.55. The van der Waals surface area contributed by atoms with Crippen molar-refractivity contribution in [3.63, 3.8) is 0 Å². The first-order chi connectivity index (χ1) is 43.1. The maximum absolute atomic E-state index is 16.4. The SMILES string of the molecule is C/C=C/C[C@@H](C)[C@@H](O)[C@H]1C(=O)N[C@@H](CC)C(=O)N(C)CC(=O)N(C)[C@@H](CC(C)C)C(=O)N[C@@H](C(C)C)C(=O)N(C)[C@@H](CC(C)C)C(=O)N[C@@H](C)C(=O)N[C@H](C)C(=O)N(C)[C@@H](CC(C)C)C(=O)N(C)[C@@H](CC(C)C)C(=O)N(C)[C@](c2ccc(OC)cc2)(C(C)C)C(=O)N1C. The number of nitrogens with zero attached hydrogens (tertiary/aromatic N) is 7. The number of amides is 11. The van der Waals surface area contributed by atoms with E-state index in [2.05, 4.69) is 21.3 Å². The second-order valence-electron chi connectivity index (χ2n) is 28.0. The zero-order valence-corrected chi connectivity index (χ0v) is 60.7. The molecule has 526 valence electrons. The molecule has 93 heavy (non-hydrogen) atoms. The normalized spacial score (nSPS) is 26.3. The molecular formula is C69H117N11O13. The van der Waals surface area contributed by atoms with Gasteiger partial charge >= 0.3 is 0 Å². The Hall–Kier alpha value is -7.11. The number of carbonyl (C=O) groups excluding carboxylic acids is 11. The highest BCUT2D eigenvalue weighted by molar-refractivity contribution is 6.01. The quantitative estimate of drug-likeness (QED) is 0.131. The maximum atomic E-state index is 16.4. The number of aliphatic hydroxyl groups is 1. The van der Waals surface area contributed by atoms with Crippen molar-refractivity contribution >= 4 is 65.0 Å². The number of rotatable bonds is 17. The first-order valence-electron chi connectivity index (χ1n) is 33.1. The highest BCUT2D eigenvalue weighted by atomic mass is 16.5. The van der Waals surface area contributed by atoms with Crippen LogP contribution >= 0.6 is 0 Å². The van der Waals surface area contributed by atoms with Gasteiger partial charge < -0.3 is 65.4 Å². The Kier molecular flexibility index (Phi) is 32.2. The molecule has 1 aliphatic heterocycles. The van der Waals surface area contributed by atoms with Crippen LogP contribution in [0.5, 0.6) is 5.75 Å². The van der Waals surface area contributed by atoms with Gasteiger partial charge in [0.15, 0.2) is 0 Å². The Morgan fingerprint density at radius 1 is 0.548 bits per heavy atom. The van der Waals surface area contributed by atoms with Crippen LogP contribution in [-0.4, -0.2) is 228 Å². The summed E-state index contributed by atoms with van der Waals surface area (Å²) < 4.78 is 5.54. The van der Waals surface area contributed by atoms with Crippen LogP contribution in [0.4, 0.5) is 0 Å². The predicted molar refractivity (Wildman–Crippen MR) is 359 cm³/mol. The summed E-state index contributed by atoms with van der Waals surface area (Å²) in [6.07, 6.45) is 2.76. The second-order valence-corrected chi connectivity index (χ2v) is 28.0. The largest absolute Gasteiger partial charge is 0.497 e. The van der Waals surface area contributed by atoms with E-state index in [0.29, 0.717) is 11.3 Å². The highest BCUT2D eigenvalue weighted by Crippen LogP contribution is 2.40. The van der Waals surface area contributed by atoms with E-state index in [9.17, 15) is 38.7 Å². The Morgan fingerprint density at radius 3 is 1.46 bits per heavy atom. The zero-order valence-electron chi connectivity index (χ0n) is 60.7. The summed E-state index contributed by atoms with van der Waals surface area (Å²) in [5.41, 5.74) is -1.72. The molecule has 1 aliphatic rings. The number of likely N-dealkylation sites (N-methyl/N-ethyl adjacent to an activating group) is 7. The minimum atomic E-state index is -2.01. The van der Waals surface area contributed by atoms with Crippen LogP contribution in [-0.2, 0) is 58.3 Å². The van der Waals surface area contributed by atoms with Crippen LogP contribution in [0.15, 0.2) is 36.4 Å². The van der Waals surface area contributed by atoms with Gasteiger partial charge in [-0.1, -0.05) is 121 Å². The van der Waals surface area contributed by atoms with E-state index in [4.69, 9.17) is 4.74 Å². The van der Waals surface area contributed by atoms with Crippen molar-refractivity contribution < 1.29 is 62.6 Å². The lowest BCUT2D eigenvalue weighted by atomic mass is 9.76. The summed E-state index contributed by atoms with van der Waals surface area (Å²) in [7, 11) is 11.4. The fourth-order valence-corrected chi connectivity index (χ4v) is 12.1. The molecule has 1 aromatic carbocycles. The predicted octanol–water partition coefficient (Wildman–Crippen LogP) is 4.80. The second kappa shape index (κ2) is 36.5. The van der Waals surface area contributed by atoms with E-state index in [1.165, 1.54) is 94.8 Å². The van der Waals surface area contributed by atoms with Gasteiger partial charge in [0.05, 0.1) is 19.8 Å². The molecule has 0 aliphatic carbocycles. The van der Waals surface area contributed by atoms with Gasteiger partial charge in [-0.3, -0.25) is 52.7 Å². The molecule has 0 bridgehead atoms. The van der Waals surface area contributed by atoms with Gasteiger partial charge in [-0.05, 0) is 118 Å². The molecule has 5 N–H and O–H groups in total. The van der Waals surface area contributed by atoms with E-state index in [0.717, 1.165) is 9.80 Å². The van der Waals surface area contributed by atoms with Crippen LogP contribution in [0.25, 0.3) is 0 Å². The molecule has 0 aromatic heterocycles. The fraction of sp³-hybridized carbons (Fsp3) is 0.725. The molecule has 0 unspecified atom stereocenters. The molecule has 0 spiro atoms. The number of nitrogens with one attached hydrogen (secondary N) is 4. The van der Waals surface area contributed by atoms with Crippen molar-refractivity contribution in [1.82, 2.24) is 55.6 Å². The number of hydrogen-bond donors (Lipinski definition) is 5. The number of aliphatic hydroxyl groups excluding tert-OH is 1. The van der Waals surface area contributed by atoms with Gasteiger partial charge in [0, 0.05) is 49.3 Å². The Labute approximate surface area is 555 Å². The Bertz CT molecular complexity index is 2750. The van der Waals surface area contributed by atoms with Gasteiger partial charge in [-0.25, -0.2) is 0 Å². The van der Waals surface area contributed by atoms with Crippen molar-refractivity contribution in [3.8, 4) is 5.75 Å². The summed E-state index contributed by atoms with van der Waals surface area (Å²) in [4.78, 5) is 173. The molecular weight excluding hydrogens is 1190 g/mol. The average molecular weight is 1310 g/mol. The summed E-state index contributed by atoms with van der Waals surface area (Å²) >= 11 is 0. The zero-order chi connectivity index (χ0) is 71.6. The van der Waals surface area contributed by atoms with Crippen molar-refractivity contribution in [2.24, 2.45) is 41.4 Å². The van der Waals surface area contributed by atoms with E-state index in [1.807, 2.05) is 55.4 Å². The molecule has 24 nitrogen and oxygen atoms in total. The van der Waals surface area contributed by atoms with Crippen molar-refractivity contribution in [3.05, 3.63) is 42.0 Å². The molecule has 0 radical (unpaired) electrons. The number of benzene rings is 1. The lowest BCUT2D eigenvalue weighted by molar-refractivity contribution is -0.166. The number of carbonyl (C=O) groups is 11. The summed E-state index contributed by atoms with van der Waals surface area (Å²) in [5.74, 6) is -10.1. The smallest absolute Gasteiger partial charge is 0.253 e. The van der Waals surface area contributed by atoms with Gasteiger partial charge in [0.2, 0.25) is 59.1 Å². The van der Waals surface area contributed by atoms with Gasteiger partial charge in [0.1, 0.15) is 65.7 Å². The summed E-state index contributed by atoms with van der Waals surface area (Å²) in [6, 6.07) is -4.99. The monoisotopic (exact) mass is 1310 g/mol. The third-order valence-corrected chi connectivity index (χ3v) is 18.0. The van der Waals surface area contributed by atoms with Crippen molar-refractivity contribution in [1.29, 1.82) is 0 Å². The van der Waals surface area contributed by atoms with Crippen molar-refractivity contribution in [2.75, 3.05) is 63.0 Å². The molecule has 1 aromatic rings. The van der Waals surface area contributed by atoms with Crippen LogP contribution < -0.4 is 26.0 Å². The van der Waals surface area contributed by atoms with Crippen molar-refractivity contribution in [2.45, 2.75) is 222 Å². The van der Waals surface area contributed by atoms with Crippen LogP contribution in [0, 0.1) is 41.4 Å². The topological polar surface area (TPSA) is 288 Å². The molecule has 11 amide bonds. The molecule has 12 atom stereocenters. The van der Waals surface area contributed by atoms with E-state index < -0.39 is 155 Å². The maximum Gasteiger partial charge on any atom is 0.253 e. The Balaban J connectivity index is 3.19. The third-order valence-electron chi connectivity index (χ3n) is 18.0. The molecule has 1 fully saturated rings. The molecule has 2 rings (SSSR count). The van der Waals surface area contributed by atoms with Crippen LogP contribution in [0.3, 0.4) is 0 Å². The Morgan fingerprint density at radius 2 is 1.00 bits per heavy atom. The first-order valence-corrected chi connectivity index (χ1v) is 33.1. The third kappa shape index (κ3) is 20.9. The molecule has 1 heterocycles. The first kappa shape index (κ1) is 82.0. The minimum absolute atomic E-state index is 0.0117. The standard InChI is InChI=1S/C69H117N11O13/c1-26-28-29-45(15)58(82)57-62(86)72-50(27-2)64(88)74(18)38-55(81)75(19)51(34-39(3)4)61(85)73-56(43(11)12)67(91)76(20)52(35-40(5)6)60(84)70-46(16)59(83)71-47(17)63(87)77(21)53(36-41(7)8)65(89)78(22)54(37-42(9)10)66(90)80(24)69(44(13)14,68(92)79(57)23)48-30-32-49(93-25)33-31-48/h26,28,30-33,39-47,50-54,56-58,82H,27,29,34-38H2,1-25H3,(H,70,84)(H,71,83)(H,72,86)(H,73,85)/b28-26+/t45-,46+,47-,50+,51+,52+,53+,54+,56+,57+,58-,69+/m1/s1. The van der Waals surface area contributed by atoms with E-state index in [1.54, 1.807) is 84.9 Å². The molecule has 24 heteroatoms. The minimum Gasteiger partial charge on any atom is -0.497 e. The van der Waals surface area contributed by atoms with E-state index in [-0.39, 0.29) is 62.2 Å². The summed E-state index contributed by atoms with van der Waals surface area (Å²) in [5, 5.41) is 23.6. The molecule has 1 saturated heterocycles. The number of ether oxygens (including phenoxy) is 1. The van der Waals surface area contributed by atoms with Gasteiger partial charge in [-0.2, -0.15) is 0 Å². The van der Waals surface area contributed by atoms with Gasteiger partial charge in [-0.15, -0.1) is 0 Å². The fourth-order valence-electron chi connectivity index (χ4n) is 12.1. The lowest BCUT2D eigenvalue weighted by Gasteiger charge is -2.49. The van der Waals surface area contributed by atoms with Crippen LogP contribution in [0.1, 0.15) is 162 Å².